The maximum absolute atomic E-state index is 12.3. The maximum Gasteiger partial charge on any atom is 0.225 e. The summed E-state index contributed by atoms with van der Waals surface area (Å²) in [4.78, 5) is 14.2. The molecule has 2 atom stereocenters. The van der Waals surface area contributed by atoms with E-state index < -0.39 is 0 Å². The zero-order valence-electron chi connectivity index (χ0n) is 10.6. The van der Waals surface area contributed by atoms with Gasteiger partial charge in [-0.05, 0) is 25.7 Å². The molecule has 0 aromatic heterocycles. The Morgan fingerprint density at radius 2 is 2.25 bits per heavy atom. The Morgan fingerprint density at radius 1 is 1.50 bits per heavy atom. The van der Waals surface area contributed by atoms with Crippen molar-refractivity contribution in [2.75, 3.05) is 13.2 Å². The lowest BCUT2D eigenvalue weighted by Gasteiger charge is -2.27. The number of aliphatic hydroxyl groups is 1. The van der Waals surface area contributed by atoms with Gasteiger partial charge in [-0.25, -0.2) is 0 Å². The normalized spacial score (nSPS) is 22.4. The van der Waals surface area contributed by atoms with Crippen LogP contribution in [0.5, 0.6) is 0 Å². The average Bonchev–Trinajstić information content (AvgIpc) is 2.77. The molecule has 16 heavy (non-hydrogen) atoms. The number of aliphatic hydroxyl groups excluding tert-OH is 1. The minimum absolute atomic E-state index is 0.0863. The molecule has 0 radical (unpaired) electrons. The Morgan fingerprint density at radius 3 is 2.81 bits per heavy atom. The largest absolute Gasteiger partial charge is 0.394 e. The van der Waals surface area contributed by atoms with Crippen LogP contribution in [0.4, 0.5) is 0 Å². The molecule has 1 amide bonds. The van der Waals surface area contributed by atoms with Crippen molar-refractivity contribution in [3.05, 3.63) is 0 Å². The number of unbranched alkanes of at least 4 members (excludes halogenated alkanes) is 1. The molecular weight excluding hydrogens is 202 g/mol. The summed E-state index contributed by atoms with van der Waals surface area (Å²) in [7, 11) is 0. The quantitative estimate of drug-likeness (QED) is 0.755. The van der Waals surface area contributed by atoms with Crippen LogP contribution >= 0.6 is 0 Å². The predicted octanol–water partition coefficient (Wildman–Crippen LogP) is 2.19. The Bertz CT molecular complexity index is 218. The van der Waals surface area contributed by atoms with Crippen molar-refractivity contribution in [3.8, 4) is 0 Å². The molecule has 1 N–H and O–H groups in total. The SMILES string of the molecule is CCCCC(CC)C(=O)N1CCC[C@H]1CO. The van der Waals surface area contributed by atoms with Crippen LogP contribution < -0.4 is 0 Å². The first-order valence-corrected chi connectivity index (χ1v) is 6.65. The van der Waals surface area contributed by atoms with Gasteiger partial charge in [0.2, 0.25) is 5.91 Å². The summed E-state index contributed by atoms with van der Waals surface area (Å²) in [6.45, 7) is 5.20. The van der Waals surface area contributed by atoms with Gasteiger partial charge in [-0.3, -0.25) is 4.79 Å². The summed E-state index contributed by atoms with van der Waals surface area (Å²) in [6, 6.07) is 0.0863. The first-order valence-electron chi connectivity index (χ1n) is 6.65. The van der Waals surface area contributed by atoms with Gasteiger partial charge in [0.1, 0.15) is 0 Å². The highest BCUT2D eigenvalue weighted by Crippen LogP contribution is 2.23. The Labute approximate surface area is 98.8 Å². The number of nitrogens with zero attached hydrogens (tertiary/aromatic N) is 1. The summed E-state index contributed by atoms with van der Waals surface area (Å²) in [5.74, 6) is 0.444. The van der Waals surface area contributed by atoms with Gasteiger partial charge in [0.15, 0.2) is 0 Å². The van der Waals surface area contributed by atoms with E-state index in [2.05, 4.69) is 13.8 Å². The number of likely N-dealkylation sites (tertiary alicyclic amines) is 1. The van der Waals surface area contributed by atoms with Crippen molar-refractivity contribution in [3.63, 3.8) is 0 Å². The molecule has 1 saturated heterocycles. The third-order valence-corrected chi connectivity index (χ3v) is 3.62. The molecule has 1 aliphatic rings. The van der Waals surface area contributed by atoms with Gasteiger partial charge in [-0.1, -0.05) is 26.7 Å². The highest BCUT2D eigenvalue weighted by Gasteiger charge is 2.31. The van der Waals surface area contributed by atoms with Gasteiger partial charge in [0, 0.05) is 12.5 Å². The van der Waals surface area contributed by atoms with Gasteiger partial charge in [-0.15, -0.1) is 0 Å². The molecule has 3 heteroatoms. The van der Waals surface area contributed by atoms with E-state index in [1.54, 1.807) is 0 Å². The van der Waals surface area contributed by atoms with Gasteiger partial charge in [0.05, 0.1) is 12.6 Å². The Balaban J connectivity index is 2.52. The lowest BCUT2D eigenvalue weighted by atomic mass is 9.97. The minimum Gasteiger partial charge on any atom is -0.394 e. The summed E-state index contributed by atoms with van der Waals surface area (Å²) >= 11 is 0. The van der Waals surface area contributed by atoms with Crippen LogP contribution in [0.3, 0.4) is 0 Å². The molecule has 0 spiro atoms. The second kappa shape index (κ2) is 6.89. The van der Waals surface area contributed by atoms with E-state index in [0.717, 1.165) is 45.1 Å². The molecule has 0 aromatic carbocycles. The lowest BCUT2D eigenvalue weighted by molar-refractivity contribution is -0.137. The molecule has 94 valence electrons. The van der Waals surface area contributed by atoms with Crippen molar-refractivity contribution in [1.29, 1.82) is 0 Å². The van der Waals surface area contributed by atoms with Crippen LogP contribution in [0.15, 0.2) is 0 Å². The van der Waals surface area contributed by atoms with Gasteiger partial charge in [-0.2, -0.15) is 0 Å². The molecule has 0 aliphatic carbocycles. The number of rotatable bonds is 6. The third-order valence-electron chi connectivity index (χ3n) is 3.62. The second-order valence-electron chi connectivity index (χ2n) is 4.76. The van der Waals surface area contributed by atoms with Crippen molar-refractivity contribution in [2.24, 2.45) is 5.92 Å². The topological polar surface area (TPSA) is 40.5 Å². The molecule has 1 aliphatic heterocycles. The first kappa shape index (κ1) is 13.5. The molecule has 0 aromatic rings. The van der Waals surface area contributed by atoms with Crippen molar-refractivity contribution < 1.29 is 9.90 Å². The van der Waals surface area contributed by atoms with Crippen molar-refractivity contribution in [1.82, 2.24) is 4.90 Å². The van der Waals surface area contributed by atoms with Crippen LogP contribution in [0.1, 0.15) is 52.4 Å². The van der Waals surface area contributed by atoms with E-state index in [1.807, 2.05) is 4.90 Å². The van der Waals surface area contributed by atoms with Crippen LogP contribution in [0.25, 0.3) is 0 Å². The van der Waals surface area contributed by atoms with Crippen LogP contribution in [-0.2, 0) is 4.79 Å². The Kier molecular flexibility index (Phi) is 5.81. The number of hydrogen-bond donors (Lipinski definition) is 1. The van der Waals surface area contributed by atoms with Crippen LogP contribution in [0, 0.1) is 5.92 Å². The second-order valence-corrected chi connectivity index (χ2v) is 4.76. The monoisotopic (exact) mass is 227 g/mol. The molecule has 1 rings (SSSR count). The highest BCUT2D eigenvalue weighted by atomic mass is 16.3. The predicted molar refractivity (Wildman–Crippen MR) is 65.1 cm³/mol. The number of amides is 1. The summed E-state index contributed by atoms with van der Waals surface area (Å²) < 4.78 is 0. The van der Waals surface area contributed by atoms with E-state index in [4.69, 9.17) is 0 Å². The standard InChI is InChI=1S/C13H25NO2/c1-3-5-7-11(4-2)13(16)14-9-6-8-12(14)10-15/h11-12,15H,3-10H2,1-2H3/t11?,12-/m0/s1. The molecule has 1 heterocycles. The zero-order valence-corrected chi connectivity index (χ0v) is 10.6. The molecular formula is C13H25NO2. The van der Waals surface area contributed by atoms with E-state index >= 15 is 0 Å². The van der Waals surface area contributed by atoms with Crippen LogP contribution in [0.2, 0.25) is 0 Å². The summed E-state index contributed by atoms with van der Waals surface area (Å²) in [6.07, 6.45) is 6.21. The van der Waals surface area contributed by atoms with Gasteiger partial charge >= 0.3 is 0 Å². The number of hydrogen-bond acceptors (Lipinski definition) is 2. The minimum atomic E-state index is 0.0863. The van der Waals surface area contributed by atoms with E-state index in [9.17, 15) is 9.90 Å². The third kappa shape index (κ3) is 3.21. The Hall–Kier alpha value is -0.570. The van der Waals surface area contributed by atoms with Gasteiger partial charge < -0.3 is 10.0 Å². The summed E-state index contributed by atoms with van der Waals surface area (Å²) in [5, 5.41) is 9.22. The number of carbonyl (C=O) groups is 1. The highest BCUT2D eigenvalue weighted by molar-refractivity contribution is 5.79. The molecule has 0 bridgehead atoms. The van der Waals surface area contributed by atoms with Gasteiger partial charge in [0.25, 0.3) is 0 Å². The molecule has 1 unspecified atom stereocenters. The molecule has 1 fully saturated rings. The molecule has 3 nitrogen and oxygen atoms in total. The van der Waals surface area contributed by atoms with E-state index in [0.29, 0.717) is 0 Å². The summed E-state index contributed by atoms with van der Waals surface area (Å²) in [5.41, 5.74) is 0. The van der Waals surface area contributed by atoms with E-state index in [-0.39, 0.29) is 24.5 Å². The zero-order chi connectivity index (χ0) is 12.0. The lowest BCUT2D eigenvalue weighted by Crippen LogP contribution is -2.41. The van der Waals surface area contributed by atoms with Crippen LogP contribution in [-0.4, -0.2) is 35.1 Å². The fourth-order valence-electron chi connectivity index (χ4n) is 2.50. The number of carbonyl (C=O) groups excluding carboxylic acids is 1. The maximum atomic E-state index is 12.3. The van der Waals surface area contributed by atoms with E-state index in [1.165, 1.54) is 0 Å². The molecule has 0 saturated carbocycles. The van der Waals surface area contributed by atoms with Crippen molar-refractivity contribution >= 4 is 5.91 Å². The average molecular weight is 227 g/mol. The smallest absolute Gasteiger partial charge is 0.225 e. The fraction of sp³-hybridized carbons (Fsp3) is 0.923. The first-order chi connectivity index (χ1) is 7.74. The fourth-order valence-corrected chi connectivity index (χ4v) is 2.50. The van der Waals surface area contributed by atoms with Crippen molar-refractivity contribution in [2.45, 2.75) is 58.4 Å².